The Labute approximate surface area is 87.7 Å². The van der Waals surface area contributed by atoms with Crippen LogP contribution in [0, 0.1) is 5.82 Å². The molecule has 0 heterocycles. The van der Waals surface area contributed by atoms with E-state index in [-0.39, 0.29) is 5.82 Å². The molecule has 0 amide bonds. The maximum Gasteiger partial charge on any atom is 0.127 e. The van der Waals surface area contributed by atoms with Gasteiger partial charge in [-0.1, -0.05) is 24.6 Å². The summed E-state index contributed by atoms with van der Waals surface area (Å²) < 4.78 is 16.1. The van der Waals surface area contributed by atoms with Gasteiger partial charge in [0.2, 0.25) is 0 Å². The Hall–Kier alpha value is -1.16. The zero-order valence-corrected chi connectivity index (χ0v) is 9.04. The number of rotatable bonds is 4. The summed E-state index contributed by atoms with van der Waals surface area (Å²) >= 11 is 1.42. The molecule has 0 saturated heterocycles. The molecule has 2 N–H and O–H groups in total. The van der Waals surface area contributed by atoms with Crippen molar-refractivity contribution in [2.24, 2.45) is 0 Å². The van der Waals surface area contributed by atoms with Gasteiger partial charge in [0.25, 0.3) is 0 Å². The van der Waals surface area contributed by atoms with Crippen molar-refractivity contribution >= 4 is 29.4 Å². The Morgan fingerprint density at radius 2 is 2.07 bits per heavy atom. The van der Waals surface area contributed by atoms with Crippen LogP contribution in [0.1, 0.15) is 5.56 Å². The average molecular weight is 212 g/mol. The summed E-state index contributed by atoms with van der Waals surface area (Å²) in [5.74, 6) is -0.267. The van der Waals surface area contributed by atoms with E-state index in [0.717, 1.165) is 16.9 Å². The van der Waals surface area contributed by atoms with E-state index < -0.39 is 0 Å². The molecule has 0 aliphatic carbocycles. The van der Waals surface area contributed by atoms with Crippen molar-refractivity contribution in [3.05, 3.63) is 30.1 Å². The molecule has 0 atom stereocenters. The lowest BCUT2D eigenvalue weighted by molar-refractivity contribution is 0.629. The van der Waals surface area contributed by atoms with Gasteiger partial charge < -0.3 is 10.0 Å². The molecule has 76 valence electrons. The van der Waals surface area contributed by atoms with Gasteiger partial charge in [-0.05, 0) is 12.1 Å². The maximum atomic E-state index is 13.1. The van der Waals surface area contributed by atoms with Crippen molar-refractivity contribution < 1.29 is 4.39 Å². The van der Waals surface area contributed by atoms with Gasteiger partial charge in [-0.2, -0.15) is 0 Å². The van der Waals surface area contributed by atoms with Crippen LogP contribution in [0.5, 0.6) is 0 Å². The molecular weight excluding hydrogens is 199 g/mol. The minimum Gasteiger partial charge on any atom is -0.387 e. The van der Waals surface area contributed by atoms with E-state index in [1.165, 1.54) is 24.1 Å². The van der Waals surface area contributed by atoms with E-state index in [4.69, 9.17) is 0 Å². The van der Waals surface area contributed by atoms with E-state index in [0.29, 0.717) is 0 Å². The third-order valence-electron chi connectivity index (χ3n) is 1.83. The lowest BCUT2D eigenvalue weighted by Gasteiger charge is -2.12. The normalized spacial score (nSPS) is 9.64. The molecule has 0 aromatic heterocycles. The van der Waals surface area contributed by atoms with Crippen LogP contribution in [0.3, 0.4) is 0 Å². The molecule has 2 nitrogen and oxygen atoms in total. The summed E-state index contributed by atoms with van der Waals surface area (Å²) in [6, 6.07) is 2.90. The summed E-state index contributed by atoms with van der Waals surface area (Å²) in [6.45, 7) is 3.70. The fraction of sp³-hybridized carbons (Fsp3) is 0.200. The van der Waals surface area contributed by atoms with Gasteiger partial charge in [0.05, 0.1) is 5.69 Å². The largest absolute Gasteiger partial charge is 0.387 e. The lowest BCUT2D eigenvalue weighted by atomic mass is 10.1. The molecule has 0 aliphatic heterocycles. The van der Waals surface area contributed by atoms with Gasteiger partial charge in [-0.25, -0.2) is 4.39 Å². The van der Waals surface area contributed by atoms with Gasteiger partial charge >= 0.3 is 0 Å². The van der Waals surface area contributed by atoms with Gasteiger partial charge in [0.15, 0.2) is 0 Å². The summed E-state index contributed by atoms with van der Waals surface area (Å²) in [5.41, 5.74) is 2.34. The smallest absolute Gasteiger partial charge is 0.127 e. The fourth-order valence-corrected chi connectivity index (χ4v) is 1.63. The summed E-state index contributed by atoms with van der Waals surface area (Å²) in [6.07, 6.45) is 3.58. The zero-order chi connectivity index (χ0) is 10.6. The van der Waals surface area contributed by atoms with E-state index in [1.54, 1.807) is 13.1 Å². The molecule has 0 fully saturated rings. The zero-order valence-electron chi connectivity index (χ0n) is 8.23. The number of anilines is 2. The molecule has 0 radical (unpaired) electrons. The maximum absolute atomic E-state index is 13.1. The molecule has 1 rings (SSSR count). The van der Waals surface area contributed by atoms with Crippen LogP contribution in [0.15, 0.2) is 18.7 Å². The second-order valence-corrected chi connectivity index (χ2v) is 3.29. The second-order valence-electron chi connectivity index (χ2n) is 2.67. The number of benzene rings is 1. The van der Waals surface area contributed by atoms with Crippen LogP contribution in [0.2, 0.25) is 0 Å². The molecule has 0 bridgehead atoms. The first-order valence-corrected chi connectivity index (χ1v) is 5.38. The third kappa shape index (κ3) is 2.20. The minimum absolute atomic E-state index is 0.267. The van der Waals surface area contributed by atoms with E-state index in [2.05, 4.69) is 16.6 Å². The van der Waals surface area contributed by atoms with Gasteiger partial charge in [-0.15, -0.1) is 0 Å². The van der Waals surface area contributed by atoms with Crippen LogP contribution in [-0.2, 0) is 0 Å². The van der Waals surface area contributed by atoms with E-state index >= 15 is 0 Å². The lowest BCUT2D eigenvalue weighted by Crippen LogP contribution is -1.97. The molecule has 1 aromatic carbocycles. The molecule has 0 saturated carbocycles. The Bertz CT molecular complexity index is 339. The highest BCUT2D eigenvalue weighted by molar-refractivity contribution is 7.99. The first-order valence-electron chi connectivity index (χ1n) is 4.15. The van der Waals surface area contributed by atoms with Crippen molar-refractivity contribution in [3.8, 4) is 0 Å². The summed E-state index contributed by atoms with van der Waals surface area (Å²) in [7, 11) is 1.75. The molecule has 4 heteroatoms. The Kier molecular flexibility index (Phi) is 3.83. The summed E-state index contributed by atoms with van der Waals surface area (Å²) in [4.78, 5) is 0. The third-order valence-corrected chi connectivity index (χ3v) is 2.25. The second kappa shape index (κ2) is 4.91. The molecular formula is C10H13FN2S. The van der Waals surface area contributed by atoms with Gasteiger partial charge in [0, 0.05) is 24.6 Å². The van der Waals surface area contributed by atoms with Crippen molar-refractivity contribution in [2.45, 2.75) is 0 Å². The topological polar surface area (TPSA) is 24.1 Å². The highest BCUT2D eigenvalue weighted by Gasteiger charge is 2.06. The highest BCUT2D eigenvalue weighted by Crippen LogP contribution is 2.28. The van der Waals surface area contributed by atoms with E-state index in [9.17, 15) is 4.39 Å². The van der Waals surface area contributed by atoms with Crippen LogP contribution < -0.4 is 10.0 Å². The van der Waals surface area contributed by atoms with Crippen LogP contribution in [0.25, 0.3) is 6.08 Å². The number of halogens is 1. The molecule has 0 spiro atoms. The quantitative estimate of drug-likeness (QED) is 0.749. The molecule has 1 aromatic rings. The van der Waals surface area contributed by atoms with E-state index in [1.807, 2.05) is 6.26 Å². The van der Waals surface area contributed by atoms with Crippen molar-refractivity contribution in [1.82, 2.24) is 0 Å². The monoisotopic (exact) mass is 212 g/mol. The van der Waals surface area contributed by atoms with Crippen molar-refractivity contribution in [2.75, 3.05) is 23.3 Å². The Morgan fingerprint density at radius 3 is 2.57 bits per heavy atom. The van der Waals surface area contributed by atoms with Crippen molar-refractivity contribution in [3.63, 3.8) is 0 Å². The van der Waals surface area contributed by atoms with Crippen LogP contribution in [-0.4, -0.2) is 13.3 Å². The van der Waals surface area contributed by atoms with Gasteiger partial charge in [0.1, 0.15) is 5.82 Å². The van der Waals surface area contributed by atoms with Crippen LogP contribution >= 0.6 is 11.9 Å². The number of nitrogens with one attached hydrogen (secondary N) is 2. The number of hydrogen-bond acceptors (Lipinski definition) is 3. The predicted molar refractivity (Wildman–Crippen MR) is 63.2 cm³/mol. The first kappa shape index (κ1) is 10.9. The Morgan fingerprint density at radius 1 is 1.43 bits per heavy atom. The number of hydrogen-bond donors (Lipinski definition) is 2. The molecule has 14 heavy (non-hydrogen) atoms. The first-order chi connectivity index (χ1) is 6.72. The Balaban J connectivity index is 3.24. The molecule has 0 aliphatic rings. The standard InChI is InChI=1S/C10H13FN2S/c1-4-8-9(12-2)5-7(11)6-10(8)13-14-3/h4-6,12-13H,1H2,2-3H3. The highest BCUT2D eigenvalue weighted by atomic mass is 32.2. The predicted octanol–water partition coefficient (Wildman–Crippen LogP) is 3.20. The SMILES string of the molecule is C=Cc1c(NC)cc(F)cc1NSC. The average Bonchev–Trinajstić information content (AvgIpc) is 2.17. The van der Waals surface area contributed by atoms with Crippen LogP contribution in [0.4, 0.5) is 15.8 Å². The van der Waals surface area contributed by atoms with Gasteiger partial charge in [-0.3, -0.25) is 0 Å². The molecule has 0 unspecified atom stereocenters. The summed E-state index contributed by atoms with van der Waals surface area (Å²) in [5, 5.41) is 2.93. The minimum atomic E-state index is -0.267. The fourth-order valence-electron chi connectivity index (χ4n) is 1.24. The van der Waals surface area contributed by atoms with Crippen molar-refractivity contribution in [1.29, 1.82) is 0 Å².